The summed E-state index contributed by atoms with van der Waals surface area (Å²) in [6, 6.07) is 10.4. The lowest BCUT2D eigenvalue weighted by molar-refractivity contribution is 0.102. The van der Waals surface area contributed by atoms with Crippen LogP contribution in [0.15, 0.2) is 47.4 Å². The van der Waals surface area contributed by atoms with E-state index in [1.807, 2.05) is 0 Å². The van der Waals surface area contributed by atoms with E-state index in [9.17, 15) is 9.59 Å². The summed E-state index contributed by atoms with van der Waals surface area (Å²) in [5, 5.41) is 3.74. The molecule has 3 rings (SSSR count). The van der Waals surface area contributed by atoms with Gasteiger partial charge < -0.3 is 14.6 Å². The van der Waals surface area contributed by atoms with E-state index in [1.165, 1.54) is 6.20 Å². The van der Waals surface area contributed by atoms with Crippen LogP contribution in [0.25, 0.3) is 10.9 Å². The minimum absolute atomic E-state index is 0.0580. The van der Waals surface area contributed by atoms with Crippen molar-refractivity contribution in [1.82, 2.24) is 4.57 Å². The Morgan fingerprint density at radius 2 is 1.92 bits per heavy atom. The lowest BCUT2D eigenvalue weighted by atomic mass is 10.1. The molecule has 0 spiro atoms. The van der Waals surface area contributed by atoms with Crippen molar-refractivity contribution in [2.75, 3.05) is 12.4 Å². The lowest BCUT2D eigenvalue weighted by Gasteiger charge is -2.13. The van der Waals surface area contributed by atoms with Gasteiger partial charge in [-0.05, 0) is 36.8 Å². The number of nitrogens with zero attached hydrogens (tertiary/aromatic N) is 1. The van der Waals surface area contributed by atoms with Crippen molar-refractivity contribution >= 4 is 34.1 Å². The normalized spacial score (nSPS) is 10.7. The second kappa shape index (κ2) is 6.61. The van der Waals surface area contributed by atoms with Gasteiger partial charge >= 0.3 is 0 Å². The first-order chi connectivity index (χ1) is 11.9. The van der Waals surface area contributed by atoms with Crippen LogP contribution >= 0.6 is 11.6 Å². The number of carbonyl (C=O) groups excluding carboxylic acids is 1. The topological polar surface area (TPSA) is 60.3 Å². The number of pyridine rings is 1. The zero-order chi connectivity index (χ0) is 18.1. The number of benzene rings is 2. The molecule has 0 aliphatic carbocycles. The number of nitrogens with one attached hydrogen (secondary N) is 1. The Balaban J connectivity index is 2.10. The van der Waals surface area contributed by atoms with Crippen LogP contribution in [0.3, 0.4) is 0 Å². The van der Waals surface area contributed by atoms with Crippen LogP contribution in [0.1, 0.15) is 15.9 Å². The van der Waals surface area contributed by atoms with Gasteiger partial charge in [0.15, 0.2) is 0 Å². The molecule has 0 unspecified atom stereocenters. The number of amides is 1. The molecule has 0 bridgehead atoms. The van der Waals surface area contributed by atoms with Crippen LogP contribution in [0.2, 0.25) is 5.02 Å². The third kappa shape index (κ3) is 2.98. The monoisotopic (exact) mass is 356 g/mol. The number of hydrogen-bond acceptors (Lipinski definition) is 3. The first-order valence-electron chi connectivity index (χ1n) is 7.67. The standard InChI is InChI=1S/C19H17ClN2O3/c1-11-14(20)7-5-8-15(11)21-19(24)13-10-22(2)17-12(18(13)23)6-4-9-16(17)25-3/h4-10H,1-3H3,(H,21,24). The van der Waals surface area contributed by atoms with Crippen molar-refractivity contribution in [1.29, 1.82) is 0 Å². The SMILES string of the molecule is COc1cccc2c(=O)c(C(=O)Nc3cccc(Cl)c3C)cn(C)c12. The van der Waals surface area contributed by atoms with Gasteiger partial charge in [-0.15, -0.1) is 0 Å². The van der Waals surface area contributed by atoms with E-state index in [-0.39, 0.29) is 11.0 Å². The van der Waals surface area contributed by atoms with E-state index in [4.69, 9.17) is 16.3 Å². The van der Waals surface area contributed by atoms with Gasteiger partial charge in [-0.25, -0.2) is 0 Å². The molecule has 5 nitrogen and oxygen atoms in total. The van der Waals surface area contributed by atoms with Crippen LogP contribution < -0.4 is 15.5 Å². The van der Waals surface area contributed by atoms with Gasteiger partial charge in [0.05, 0.1) is 18.0 Å². The van der Waals surface area contributed by atoms with Crippen LogP contribution in [0.4, 0.5) is 5.69 Å². The number of anilines is 1. The molecule has 0 atom stereocenters. The minimum atomic E-state index is -0.476. The van der Waals surface area contributed by atoms with Crippen molar-refractivity contribution in [3.63, 3.8) is 0 Å². The highest BCUT2D eigenvalue weighted by atomic mass is 35.5. The molecule has 128 valence electrons. The fourth-order valence-electron chi connectivity index (χ4n) is 2.79. The van der Waals surface area contributed by atoms with Crippen molar-refractivity contribution in [3.05, 3.63) is 69.0 Å². The molecule has 2 aromatic carbocycles. The number of aromatic nitrogens is 1. The van der Waals surface area contributed by atoms with Crippen molar-refractivity contribution < 1.29 is 9.53 Å². The maximum Gasteiger partial charge on any atom is 0.261 e. The lowest BCUT2D eigenvalue weighted by Crippen LogP contribution is -2.24. The second-order valence-electron chi connectivity index (χ2n) is 5.71. The number of rotatable bonds is 3. The first-order valence-corrected chi connectivity index (χ1v) is 8.04. The fraction of sp³-hybridized carbons (Fsp3) is 0.158. The molecule has 6 heteroatoms. The molecular weight excluding hydrogens is 340 g/mol. The Kier molecular flexibility index (Phi) is 4.51. The van der Waals surface area contributed by atoms with E-state index in [2.05, 4.69) is 5.32 Å². The molecule has 3 aromatic rings. The van der Waals surface area contributed by atoms with Crippen LogP contribution in [0, 0.1) is 6.92 Å². The quantitative estimate of drug-likeness (QED) is 0.777. The number of methoxy groups -OCH3 is 1. The van der Waals surface area contributed by atoms with Gasteiger partial charge in [-0.3, -0.25) is 9.59 Å². The summed E-state index contributed by atoms with van der Waals surface area (Å²) >= 11 is 6.08. The summed E-state index contributed by atoms with van der Waals surface area (Å²) in [7, 11) is 3.31. The molecule has 1 N–H and O–H groups in total. The molecule has 0 radical (unpaired) electrons. The van der Waals surface area contributed by atoms with Crippen molar-refractivity contribution in [2.24, 2.45) is 7.05 Å². The second-order valence-corrected chi connectivity index (χ2v) is 6.11. The molecule has 0 aliphatic rings. The average Bonchev–Trinajstić information content (AvgIpc) is 2.61. The Bertz CT molecular complexity index is 1040. The number of carbonyl (C=O) groups is 1. The van der Waals surface area contributed by atoms with Gasteiger partial charge in [-0.2, -0.15) is 0 Å². The number of para-hydroxylation sites is 1. The summed E-state index contributed by atoms with van der Waals surface area (Å²) in [6.45, 7) is 1.81. The predicted molar refractivity (Wildman–Crippen MR) is 99.9 cm³/mol. The van der Waals surface area contributed by atoms with Gasteiger partial charge in [0.1, 0.15) is 11.3 Å². The number of hydrogen-bond donors (Lipinski definition) is 1. The number of ether oxygens (including phenoxy) is 1. The summed E-state index contributed by atoms with van der Waals surface area (Å²) in [6.07, 6.45) is 1.52. The number of fused-ring (bicyclic) bond motifs is 1. The number of aryl methyl sites for hydroxylation is 1. The zero-order valence-electron chi connectivity index (χ0n) is 14.1. The van der Waals surface area contributed by atoms with Crippen molar-refractivity contribution in [3.8, 4) is 5.75 Å². The molecule has 25 heavy (non-hydrogen) atoms. The summed E-state index contributed by atoms with van der Waals surface area (Å²) in [4.78, 5) is 25.4. The number of halogens is 1. The van der Waals surface area contributed by atoms with Gasteiger partial charge in [0, 0.05) is 24.0 Å². The molecule has 0 fully saturated rings. The third-order valence-corrected chi connectivity index (χ3v) is 4.55. The molecular formula is C19H17ClN2O3. The molecule has 0 aliphatic heterocycles. The maximum atomic E-state index is 12.8. The Labute approximate surface area is 149 Å². The van der Waals surface area contributed by atoms with Gasteiger partial charge in [0.25, 0.3) is 5.91 Å². The minimum Gasteiger partial charge on any atom is -0.495 e. The van der Waals surface area contributed by atoms with Gasteiger partial charge in [0.2, 0.25) is 5.43 Å². The average molecular weight is 357 g/mol. The molecule has 0 saturated heterocycles. The largest absolute Gasteiger partial charge is 0.495 e. The highest BCUT2D eigenvalue weighted by Gasteiger charge is 2.17. The fourth-order valence-corrected chi connectivity index (χ4v) is 2.96. The highest BCUT2D eigenvalue weighted by molar-refractivity contribution is 6.31. The maximum absolute atomic E-state index is 12.8. The Morgan fingerprint density at radius 1 is 1.20 bits per heavy atom. The van der Waals surface area contributed by atoms with Gasteiger partial charge in [-0.1, -0.05) is 23.7 Å². The molecule has 1 aromatic heterocycles. The molecule has 1 heterocycles. The van der Waals surface area contributed by atoms with E-state index in [0.29, 0.717) is 27.4 Å². The summed E-state index contributed by atoms with van der Waals surface area (Å²) in [5.41, 5.74) is 1.68. The first kappa shape index (κ1) is 17.0. The van der Waals surface area contributed by atoms with E-state index < -0.39 is 5.91 Å². The third-order valence-electron chi connectivity index (χ3n) is 4.14. The highest BCUT2D eigenvalue weighted by Crippen LogP contribution is 2.25. The molecule has 0 saturated carbocycles. The zero-order valence-corrected chi connectivity index (χ0v) is 14.8. The summed E-state index contributed by atoms with van der Waals surface area (Å²) < 4.78 is 7.03. The van der Waals surface area contributed by atoms with Crippen LogP contribution in [-0.4, -0.2) is 17.6 Å². The Hall–Kier alpha value is -2.79. The van der Waals surface area contributed by atoms with Crippen molar-refractivity contribution in [2.45, 2.75) is 6.92 Å². The van der Waals surface area contributed by atoms with E-state index in [1.54, 1.807) is 62.0 Å². The van der Waals surface area contributed by atoms with E-state index >= 15 is 0 Å². The van der Waals surface area contributed by atoms with Crippen LogP contribution in [0.5, 0.6) is 5.75 Å². The van der Waals surface area contributed by atoms with E-state index in [0.717, 1.165) is 5.56 Å². The van der Waals surface area contributed by atoms with Crippen LogP contribution in [-0.2, 0) is 7.05 Å². The smallest absolute Gasteiger partial charge is 0.261 e. The molecule has 1 amide bonds. The summed E-state index contributed by atoms with van der Waals surface area (Å²) in [5.74, 6) is 0.102. The predicted octanol–water partition coefficient (Wildman–Crippen LogP) is 3.76. The Morgan fingerprint density at radius 3 is 2.64 bits per heavy atom.